The lowest BCUT2D eigenvalue weighted by Gasteiger charge is -2.38. The summed E-state index contributed by atoms with van der Waals surface area (Å²) in [5.41, 5.74) is 0.277. The van der Waals surface area contributed by atoms with Gasteiger partial charge in [0.1, 0.15) is 0 Å². The highest BCUT2D eigenvalue weighted by Gasteiger charge is 2.35. The summed E-state index contributed by atoms with van der Waals surface area (Å²) in [6, 6.07) is 0. The highest BCUT2D eigenvalue weighted by atomic mass is 16.3. The van der Waals surface area contributed by atoms with Crippen LogP contribution in [0, 0.1) is 17.3 Å². The maximum Gasteiger partial charge on any atom is 0.223 e. The predicted molar refractivity (Wildman–Crippen MR) is 60.4 cm³/mol. The Labute approximate surface area is 92.3 Å². The molecular formula is C12H23NO2. The van der Waals surface area contributed by atoms with E-state index < -0.39 is 0 Å². The van der Waals surface area contributed by atoms with E-state index in [4.69, 9.17) is 5.11 Å². The monoisotopic (exact) mass is 213 g/mol. The highest BCUT2D eigenvalue weighted by molar-refractivity contribution is 5.78. The summed E-state index contributed by atoms with van der Waals surface area (Å²) in [4.78, 5) is 11.8. The molecule has 0 aromatic heterocycles. The molecule has 0 radical (unpaired) electrons. The summed E-state index contributed by atoms with van der Waals surface area (Å²) < 4.78 is 0. The number of carbonyl (C=O) groups excluding carboxylic acids is 1. The zero-order valence-electron chi connectivity index (χ0n) is 10.0. The van der Waals surface area contributed by atoms with Gasteiger partial charge >= 0.3 is 0 Å². The molecule has 0 aromatic carbocycles. The molecule has 0 spiro atoms. The molecule has 1 fully saturated rings. The van der Waals surface area contributed by atoms with Gasteiger partial charge in [-0.05, 0) is 30.6 Å². The molecule has 1 aliphatic rings. The van der Waals surface area contributed by atoms with Gasteiger partial charge in [-0.1, -0.05) is 20.8 Å². The molecule has 1 aliphatic carbocycles. The average molecular weight is 213 g/mol. The Bertz CT molecular complexity index is 226. The van der Waals surface area contributed by atoms with Crippen molar-refractivity contribution in [3.63, 3.8) is 0 Å². The Kier molecular flexibility index (Phi) is 4.14. The number of nitrogens with one attached hydrogen (secondary N) is 1. The van der Waals surface area contributed by atoms with Gasteiger partial charge in [-0.25, -0.2) is 0 Å². The first-order valence-electron chi connectivity index (χ1n) is 5.83. The van der Waals surface area contributed by atoms with Gasteiger partial charge in [-0.3, -0.25) is 4.79 Å². The summed E-state index contributed by atoms with van der Waals surface area (Å²) in [6.45, 7) is 7.08. The van der Waals surface area contributed by atoms with Gasteiger partial charge in [0.05, 0.1) is 6.61 Å². The van der Waals surface area contributed by atoms with E-state index in [-0.39, 0.29) is 23.8 Å². The molecule has 2 N–H and O–H groups in total. The van der Waals surface area contributed by atoms with E-state index in [2.05, 4.69) is 26.1 Å². The van der Waals surface area contributed by atoms with Gasteiger partial charge in [0.15, 0.2) is 0 Å². The van der Waals surface area contributed by atoms with E-state index in [9.17, 15) is 4.79 Å². The van der Waals surface area contributed by atoms with E-state index in [0.29, 0.717) is 12.5 Å². The molecule has 15 heavy (non-hydrogen) atoms. The van der Waals surface area contributed by atoms with Gasteiger partial charge in [-0.15, -0.1) is 0 Å². The van der Waals surface area contributed by atoms with E-state index in [1.54, 1.807) is 0 Å². The molecule has 1 saturated carbocycles. The summed E-state index contributed by atoms with van der Waals surface area (Å²) in [5.74, 6) is 0.873. The third-order valence-electron chi connectivity index (χ3n) is 3.17. The minimum Gasteiger partial charge on any atom is -0.395 e. The van der Waals surface area contributed by atoms with Crippen molar-refractivity contribution in [2.24, 2.45) is 17.3 Å². The van der Waals surface area contributed by atoms with Crippen molar-refractivity contribution in [1.82, 2.24) is 5.32 Å². The van der Waals surface area contributed by atoms with E-state index in [1.165, 1.54) is 6.42 Å². The van der Waals surface area contributed by atoms with Gasteiger partial charge in [-0.2, -0.15) is 0 Å². The second-order valence-corrected chi connectivity index (χ2v) is 5.62. The molecule has 0 bridgehead atoms. The third kappa shape index (κ3) is 3.82. The number of aliphatic hydroxyl groups excluding tert-OH is 1. The SMILES string of the molecule is CC1CC(C(=O)NCCO)CC(C)(C)C1. The van der Waals surface area contributed by atoms with E-state index in [1.807, 2.05) is 0 Å². The van der Waals surface area contributed by atoms with Crippen LogP contribution in [0.2, 0.25) is 0 Å². The van der Waals surface area contributed by atoms with Crippen LogP contribution in [0.4, 0.5) is 0 Å². The second kappa shape index (κ2) is 4.97. The standard InChI is InChI=1S/C12H23NO2/c1-9-6-10(8-12(2,3)7-9)11(15)13-4-5-14/h9-10,14H,4-8H2,1-3H3,(H,13,15). The van der Waals surface area contributed by atoms with Crippen LogP contribution in [0.1, 0.15) is 40.0 Å². The molecule has 0 heterocycles. The molecule has 1 amide bonds. The van der Waals surface area contributed by atoms with Gasteiger partial charge < -0.3 is 10.4 Å². The third-order valence-corrected chi connectivity index (χ3v) is 3.17. The van der Waals surface area contributed by atoms with Crippen molar-refractivity contribution < 1.29 is 9.90 Å². The normalized spacial score (nSPS) is 29.9. The number of hydrogen-bond acceptors (Lipinski definition) is 2. The lowest BCUT2D eigenvalue weighted by atomic mass is 9.68. The van der Waals surface area contributed by atoms with Crippen LogP contribution < -0.4 is 5.32 Å². The molecule has 0 aromatic rings. The maximum atomic E-state index is 11.8. The quantitative estimate of drug-likeness (QED) is 0.747. The largest absolute Gasteiger partial charge is 0.395 e. The van der Waals surface area contributed by atoms with Crippen LogP contribution in [-0.4, -0.2) is 24.2 Å². The number of aliphatic hydroxyl groups is 1. The van der Waals surface area contributed by atoms with Crippen molar-refractivity contribution in [2.75, 3.05) is 13.2 Å². The van der Waals surface area contributed by atoms with E-state index in [0.717, 1.165) is 12.8 Å². The number of hydrogen-bond donors (Lipinski definition) is 2. The molecule has 3 heteroatoms. The Morgan fingerprint density at radius 2 is 2.13 bits per heavy atom. The summed E-state index contributed by atoms with van der Waals surface area (Å²) in [6.07, 6.45) is 3.16. The molecule has 3 nitrogen and oxygen atoms in total. The van der Waals surface area contributed by atoms with Crippen molar-refractivity contribution in [3.05, 3.63) is 0 Å². The number of carbonyl (C=O) groups is 1. The molecular weight excluding hydrogens is 190 g/mol. The minimum absolute atomic E-state index is 0.0252. The molecule has 0 aliphatic heterocycles. The Balaban J connectivity index is 2.50. The Hall–Kier alpha value is -0.570. The smallest absolute Gasteiger partial charge is 0.223 e. The van der Waals surface area contributed by atoms with Crippen LogP contribution in [0.3, 0.4) is 0 Å². The maximum absolute atomic E-state index is 11.8. The van der Waals surface area contributed by atoms with Crippen LogP contribution in [0.15, 0.2) is 0 Å². The van der Waals surface area contributed by atoms with Gasteiger partial charge in [0, 0.05) is 12.5 Å². The number of rotatable bonds is 3. The lowest BCUT2D eigenvalue weighted by Crippen LogP contribution is -2.39. The minimum atomic E-state index is 0.0252. The first-order valence-corrected chi connectivity index (χ1v) is 5.83. The zero-order chi connectivity index (χ0) is 11.5. The van der Waals surface area contributed by atoms with Gasteiger partial charge in [0.25, 0.3) is 0 Å². The van der Waals surface area contributed by atoms with Crippen molar-refractivity contribution in [2.45, 2.75) is 40.0 Å². The fraction of sp³-hybridized carbons (Fsp3) is 0.917. The fourth-order valence-corrected chi connectivity index (χ4v) is 2.87. The number of amides is 1. The highest BCUT2D eigenvalue weighted by Crippen LogP contribution is 2.41. The molecule has 2 atom stereocenters. The average Bonchev–Trinajstić information content (AvgIpc) is 2.10. The van der Waals surface area contributed by atoms with Crippen molar-refractivity contribution >= 4 is 5.91 Å². The Morgan fingerprint density at radius 1 is 1.47 bits per heavy atom. The molecule has 1 rings (SSSR count). The molecule has 2 unspecified atom stereocenters. The zero-order valence-corrected chi connectivity index (χ0v) is 10.0. The fourth-order valence-electron chi connectivity index (χ4n) is 2.87. The predicted octanol–water partition coefficient (Wildman–Crippen LogP) is 1.56. The second-order valence-electron chi connectivity index (χ2n) is 5.62. The van der Waals surface area contributed by atoms with Crippen molar-refractivity contribution in [3.8, 4) is 0 Å². The topological polar surface area (TPSA) is 49.3 Å². The molecule has 0 saturated heterocycles. The summed E-state index contributed by atoms with van der Waals surface area (Å²) >= 11 is 0. The summed E-state index contributed by atoms with van der Waals surface area (Å²) in [7, 11) is 0. The van der Waals surface area contributed by atoms with Crippen LogP contribution in [-0.2, 0) is 4.79 Å². The van der Waals surface area contributed by atoms with Crippen molar-refractivity contribution in [1.29, 1.82) is 0 Å². The Morgan fingerprint density at radius 3 is 2.67 bits per heavy atom. The first-order chi connectivity index (χ1) is 6.94. The summed E-state index contributed by atoms with van der Waals surface area (Å²) in [5, 5.41) is 11.4. The lowest BCUT2D eigenvalue weighted by molar-refractivity contribution is -0.128. The van der Waals surface area contributed by atoms with E-state index >= 15 is 0 Å². The first kappa shape index (κ1) is 12.5. The van der Waals surface area contributed by atoms with Crippen LogP contribution in [0.25, 0.3) is 0 Å². The van der Waals surface area contributed by atoms with Gasteiger partial charge in [0.2, 0.25) is 5.91 Å². The van der Waals surface area contributed by atoms with Crippen LogP contribution in [0.5, 0.6) is 0 Å². The van der Waals surface area contributed by atoms with Crippen LogP contribution >= 0.6 is 0 Å². The molecule has 88 valence electrons.